The highest BCUT2D eigenvalue weighted by Crippen LogP contribution is 2.46. The average Bonchev–Trinajstić information content (AvgIpc) is 3.58. The number of pyridine rings is 1. The van der Waals surface area contributed by atoms with Crippen molar-refractivity contribution in [2.75, 3.05) is 11.7 Å². The summed E-state index contributed by atoms with van der Waals surface area (Å²) in [5.74, 6) is 1.28. The summed E-state index contributed by atoms with van der Waals surface area (Å²) in [6.45, 7) is 3.95. The van der Waals surface area contributed by atoms with Gasteiger partial charge in [0.1, 0.15) is 0 Å². The second-order valence-corrected chi connectivity index (χ2v) is 9.63. The number of nitrogens with zero attached hydrogens (tertiary/aromatic N) is 3. The molecule has 0 saturated carbocycles. The van der Waals surface area contributed by atoms with E-state index in [4.69, 9.17) is 21.7 Å². The van der Waals surface area contributed by atoms with Gasteiger partial charge in [-0.3, -0.25) is 4.98 Å². The summed E-state index contributed by atoms with van der Waals surface area (Å²) >= 11 is 5.82. The summed E-state index contributed by atoms with van der Waals surface area (Å²) in [5.41, 5.74) is 3.89. The lowest BCUT2D eigenvalue weighted by molar-refractivity contribution is -0.137. The summed E-state index contributed by atoms with van der Waals surface area (Å²) in [6.07, 6.45) is -2.71. The molecule has 0 bridgehead atoms. The fraction of sp³-hybridized carbons (Fsp3) is 0.214. The predicted octanol–water partition coefficient (Wildman–Crippen LogP) is 6.41. The summed E-state index contributed by atoms with van der Waals surface area (Å²) in [5, 5.41) is 3.93. The first-order valence-electron chi connectivity index (χ1n) is 12.0. The fourth-order valence-electron chi connectivity index (χ4n) is 5.29. The van der Waals surface area contributed by atoms with Crippen molar-refractivity contribution >= 4 is 23.0 Å². The molecule has 10 heteroatoms. The maximum atomic E-state index is 13.5. The quantitative estimate of drug-likeness (QED) is 0.304. The Balaban J connectivity index is 1.50. The minimum absolute atomic E-state index is 0.152. The third kappa shape index (κ3) is 4.05. The van der Waals surface area contributed by atoms with Gasteiger partial charge in [0.25, 0.3) is 0 Å². The van der Waals surface area contributed by atoms with Crippen molar-refractivity contribution in [1.82, 2.24) is 14.9 Å². The van der Waals surface area contributed by atoms with Gasteiger partial charge in [0.05, 0.1) is 23.3 Å². The van der Waals surface area contributed by atoms with Gasteiger partial charge in [-0.1, -0.05) is 12.1 Å². The van der Waals surface area contributed by atoms with Crippen molar-refractivity contribution in [3.63, 3.8) is 0 Å². The molecular weight excluding hydrogens is 513 g/mol. The number of rotatable bonds is 4. The number of aryl methyl sites for hydroxylation is 1. The van der Waals surface area contributed by atoms with Crippen LogP contribution in [0.25, 0.3) is 5.69 Å². The van der Waals surface area contributed by atoms with E-state index in [2.05, 4.69) is 10.3 Å². The number of benzene rings is 2. The van der Waals surface area contributed by atoms with Gasteiger partial charge in [-0.25, -0.2) is 0 Å². The SMILES string of the molecule is Cc1cc(C2C(c3ccccn3)NC(=S)N2c2ccc3c(c2)OCO3)c(C)n1-c1cccc(C(F)(F)F)c1. The predicted molar refractivity (Wildman–Crippen MR) is 141 cm³/mol. The molecule has 1 fully saturated rings. The van der Waals surface area contributed by atoms with Crippen molar-refractivity contribution in [3.05, 3.63) is 101 Å². The molecule has 2 atom stereocenters. The molecule has 0 radical (unpaired) electrons. The standard InChI is InChI=1S/C28H23F3N4O2S/c1-16-12-21(17(2)34(16)19-7-5-6-18(13-19)28(29,30)31)26-25(22-8-3-4-11-32-22)33-27(38)35(26)20-9-10-23-24(14-20)37-15-36-23/h3-14,25-26H,15H2,1-2H3,(H,33,38). The van der Waals surface area contributed by atoms with E-state index < -0.39 is 11.7 Å². The minimum atomic E-state index is -4.43. The highest BCUT2D eigenvalue weighted by molar-refractivity contribution is 7.80. The third-order valence-corrected chi connectivity index (χ3v) is 7.27. The maximum Gasteiger partial charge on any atom is 0.416 e. The lowest BCUT2D eigenvalue weighted by Crippen LogP contribution is -2.29. The molecular formula is C28H23F3N4O2S. The average molecular weight is 537 g/mol. The molecule has 2 aliphatic heterocycles. The first kappa shape index (κ1) is 24.3. The molecule has 0 aliphatic carbocycles. The van der Waals surface area contributed by atoms with E-state index in [9.17, 15) is 13.2 Å². The molecule has 6 nitrogen and oxygen atoms in total. The van der Waals surface area contributed by atoms with Crippen molar-refractivity contribution < 1.29 is 22.6 Å². The zero-order chi connectivity index (χ0) is 26.6. The number of hydrogen-bond donors (Lipinski definition) is 1. The normalized spacial score (nSPS) is 18.7. The molecule has 4 heterocycles. The van der Waals surface area contributed by atoms with Crippen LogP contribution in [-0.4, -0.2) is 21.5 Å². The van der Waals surface area contributed by atoms with Crippen LogP contribution < -0.4 is 19.7 Å². The van der Waals surface area contributed by atoms with Crippen LogP contribution in [0.1, 0.15) is 40.3 Å². The number of thiocarbonyl (C=S) groups is 1. The highest BCUT2D eigenvalue weighted by Gasteiger charge is 2.42. The Morgan fingerprint density at radius 2 is 1.76 bits per heavy atom. The van der Waals surface area contributed by atoms with E-state index in [1.165, 1.54) is 12.1 Å². The molecule has 2 aromatic carbocycles. The Morgan fingerprint density at radius 3 is 2.53 bits per heavy atom. The van der Waals surface area contributed by atoms with Gasteiger partial charge in [0.2, 0.25) is 6.79 Å². The zero-order valence-electron chi connectivity index (χ0n) is 20.5. The monoisotopic (exact) mass is 536 g/mol. The van der Waals surface area contributed by atoms with Crippen molar-refractivity contribution in [1.29, 1.82) is 0 Å². The highest BCUT2D eigenvalue weighted by atomic mass is 32.1. The first-order chi connectivity index (χ1) is 18.2. The Morgan fingerprint density at radius 1 is 0.947 bits per heavy atom. The van der Waals surface area contributed by atoms with Crippen LogP contribution in [0.4, 0.5) is 18.9 Å². The summed E-state index contributed by atoms with van der Waals surface area (Å²) in [6, 6.07) is 18.1. The second kappa shape index (κ2) is 9.05. The second-order valence-electron chi connectivity index (χ2n) is 9.24. The van der Waals surface area contributed by atoms with Gasteiger partial charge in [-0.05, 0) is 80.2 Å². The van der Waals surface area contributed by atoms with Crippen molar-refractivity contribution in [3.8, 4) is 17.2 Å². The maximum absolute atomic E-state index is 13.5. The van der Waals surface area contributed by atoms with Crippen LogP contribution in [0.2, 0.25) is 0 Å². The van der Waals surface area contributed by atoms with Gasteiger partial charge >= 0.3 is 6.18 Å². The molecule has 4 aromatic rings. The number of fused-ring (bicyclic) bond motifs is 1. The summed E-state index contributed by atoms with van der Waals surface area (Å²) in [7, 11) is 0. The zero-order valence-corrected chi connectivity index (χ0v) is 21.3. The van der Waals surface area contributed by atoms with E-state index in [0.717, 1.165) is 34.4 Å². The Bertz CT molecular complexity index is 1540. The largest absolute Gasteiger partial charge is 0.454 e. The van der Waals surface area contributed by atoms with E-state index >= 15 is 0 Å². The van der Waals surface area contributed by atoms with Gasteiger partial charge in [-0.15, -0.1) is 0 Å². The molecule has 194 valence electrons. The van der Waals surface area contributed by atoms with Gasteiger partial charge in [0, 0.05) is 35.0 Å². The van der Waals surface area contributed by atoms with Crippen molar-refractivity contribution in [2.45, 2.75) is 32.1 Å². The van der Waals surface area contributed by atoms with Crippen LogP contribution >= 0.6 is 12.2 Å². The van der Waals surface area contributed by atoms with E-state index in [-0.39, 0.29) is 18.9 Å². The molecule has 0 spiro atoms. The van der Waals surface area contributed by atoms with Gasteiger partial charge < -0.3 is 24.3 Å². The van der Waals surface area contributed by atoms with Crippen LogP contribution in [0, 0.1) is 13.8 Å². The van der Waals surface area contributed by atoms with Crippen molar-refractivity contribution in [2.24, 2.45) is 0 Å². The fourth-order valence-corrected chi connectivity index (χ4v) is 5.64. The first-order valence-corrected chi connectivity index (χ1v) is 12.4. The molecule has 2 aliphatic rings. The molecule has 2 unspecified atom stereocenters. The Kier molecular flexibility index (Phi) is 5.79. The van der Waals surface area contributed by atoms with Crippen LogP contribution in [0.5, 0.6) is 11.5 Å². The topological polar surface area (TPSA) is 51.6 Å². The van der Waals surface area contributed by atoms with Crippen LogP contribution in [0.3, 0.4) is 0 Å². The van der Waals surface area contributed by atoms with E-state index in [1.807, 2.05) is 65.8 Å². The number of halogens is 3. The van der Waals surface area contributed by atoms with E-state index in [1.54, 1.807) is 12.3 Å². The molecule has 1 saturated heterocycles. The van der Waals surface area contributed by atoms with Gasteiger partial charge in [0.15, 0.2) is 16.6 Å². The third-order valence-electron chi connectivity index (χ3n) is 6.95. The Labute approximate surface area is 222 Å². The number of hydrogen-bond acceptors (Lipinski definition) is 4. The van der Waals surface area contributed by atoms with Gasteiger partial charge in [-0.2, -0.15) is 13.2 Å². The Hall–Kier alpha value is -4.05. The lowest BCUT2D eigenvalue weighted by atomic mass is 9.96. The number of anilines is 1. The number of alkyl halides is 3. The smallest absolute Gasteiger partial charge is 0.416 e. The molecule has 1 N–H and O–H groups in total. The number of ether oxygens (including phenoxy) is 2. The summed E-state index contributed by atoms with van der Waals surface area (Å²) in [4.78, 5) is 6.60. The molecule has 6 rings (SSSR count). The molecule has 38 heavy (non-hydrogen) atoms. The van der Waals surface area contributed by atoms with Crippen LogP contribution in [-0.2, 0) is 6.18 Å². The lowest BCUT2D eigenvalue weighted by Gasteiger charge is -2.28. The molecule has 0 amide bonds. The molecule has 2 aromatic heterocycles. The summed E-state index contributed by atoms with van der Waals surface area (Å²) < 4.78 is 53.4. The van der Waals surface area contributed by atoms with Crippen LogP contribution in [0.15, 0.2) is 72.9 Å². The number of aromatic nitrogens is 2. The number of nitrogens with one attached hydrogen (secondary N) is 1. The minimum Gasteiger partial charge on any atom is -0.454 e. The van der Waals surface area contributed by atoms with E-state index in [0.29, 0.717) is 22.3 Å².